The summed E-state index contributed by atoms with van der Waals surface area (Å²) >= 11 is 5.86. The van der Waals surface area contributed by atoms with Gasteiger partial charge in [-0.2, -0.15) is 0 Å². The largest absolute Gasteiger partial charge is 0.497 e. The molecule has 0 radical (unpaired) electrons. The number of rotatable bonds is 7. The van der Waals surface area contributed by atoms with Crippen LogP contribution in [0.4, 0.5) is 20.2 Å². The molecule has 6 nitrogen and oxygen atoms in total. The van der Waals surface area contributed by atoms with Crippen molar-refractivity contribution in [3.05, 3.63) is 82.4 Å². The average Bonchev–Trinajstić information content (AvgIpc) is 2.91. The molecule has 0 spiro atoms. The molecule has 0 saturated carbocycles. The van der Waals surface area contributed by atoms with Gasteiger partial charge in [-0.15, -0.1) is 0 Å². The minimum Gasteiger partial charge on any atom is -0.497 e. The predicted octanol–water partition coefficient (Wildman–Crippen LogP) is 5.37. The maximum absolute atomic E-state index is 15.1. The van der Waals surface area contributed by atoms with Crippen molar-refractivity contribution in [2.45, 2.75) is 31.9 Å². The van der Waals surface area contributed by atoms with Crippen molar-refractivity contribution in [1.29, 1.82) is 0 Å². The number of β-amino-alcohol motifs (C(OH)–C–C–N with tert-alkyl or cyclic N) is 1. The zero-order chi connectivity index (χ0) is 26.8. The molecule has 200 valence electrons. The van der Waals surface area contributed by atoms with Crippen molar-refractivity contribution in [3.63, 3.8) is 0 Å². The molecule has 2 heterocycles. The van der Waals surface area contributed by atoms with Crippen LogP contribution in [-0.4, -0.2) is 43.9 Å². The molecule has 1 N–H and O–H groups in total. The first-order valence-corrected chi connectivity index (χ1v) is 13.0. The number of carbonyl (C=O) groups excluding carboxylic acids is 1. The zero-order valence-electron chi connectivity index (χ0n) is 21.0. The Labute approximate surface area is 225 Å². The van der Waals surface area contributed by atoms with Crippen LogP contribution in [0.25, 0.3) is 0 Å². The summed E-state index contributed by atoms with van der Waals surface area (Å²) in [4.78, 5) is 16.1. The summed E-state index contributed by atoms with van der Waals surface area (Å²) in [7, 11) is 1.58. The smallest absolute Gasteiger partial charge is 0.227 e. The summed E-state index contributed by atoms with van der Waals surface area (Å²) in [6, 6.07) is 14.7. The van der Waals surface area contributed by atoms with Crippen molar-refractivity contribution >= 4 is 28.9 Å². The number of methoxy groups -OCH3 is 1. The van der Waals surface area contributed by atoms with E-state index >= 15 is 4.39 Å². The Balaban J connectivity index is 1.28. The Morgan fingerprint density at radius 2 is 1.84 bits per heavy atom. The van der Waals surface area contributed by atoms with Crippen LogP contribution >= 0.6 is 11.6 Å². The Morgan fingerprint density at radius 3 is 2.55 bits per heavy atom. The fourth-order valence-corrected chi connectivity index (χ4v) is 5.32. The number of halogens is 3. The number of amides is 1. The SMILES string of the molecule is COc1ccc(CN2C(=O)CCc3c(OC[C@H]4CCN(c5ccc(Cl)cc5F)C[C@@H]4O)ccc(F)c32)cc1. The standard InChI is InChI=1S/C29H29ClF2N2O4/c1-37-21-5-2-18(3-6-21)15-34-28(36)11-7-22-27(10-8-23(31)29(22)34)38-17-19-12-13-33(16-26(19)35)25-9-4-20(30)14-24(25)32/h2-6,8-10,14,19,26,35H,7,11-13,15-17H2,1H3/t19-,26+/m1/s1. The molecule has 5 rings (SSSR count). The first kappa shape index (κ1) is 26.3. The number of benzene rings is 3. The minimum absolute atomic E-state index is 0.151. The lowest BCUT2D eigenvalue weighted by Crippen LogP contribution is -2.46. The highest BCUT2D eigenvalue weighted by Gasteiger charge is 2.32. The molecule has 0 aromatic heterocycles. The molecular formula is C29H29ClF2N2O4. The highest BCUT2D eigenvalue weighted by atomic mass is 35.5. The van der Waals surface area contributed by atoms with Gasteiger partial charge in [0.2, 0.25) is 5.91 Å². The fraction of sp³-hybridized carbons (Fsp3) is 0.345. The lowest BCUT2D eigenvalue weighted by atomic mass is 9.94. The van der Waals surface area contributed by atoms with Crippen LogP contribution in [-0.2, 0) is 17.8 Å². The van der Waals surface area contributed by atoms with Crippen molar-refractivity contribution in [1.82, 2.24) is 0 Å². The first-order valence-electron chi connectivity index (χ1n) is 12.6. The second kappa shape index (κ2) is 11.2. The number of hydrogen-bond donors (Lipinski definition) is 1. The third-order valence-corrected chi connectivity index (χ3v) is 7.51. The fourth-order valence-electron chi connectivity index (χ4n) is 5.16. The number of ether oxygens (including phenoxy) is 2. The summed E-state index contributed by atoms with van der Waals surface area (Å²) < 4.78 is 40.7. The van der Waals surface area contributed by atoms with Gasteiger partial charge in [0.05, 0.1) is 37.7 Å². The molecule has 0 aliphatic carbocycles. The molecule has 3 aromatic carbocycles. The Hall–Kier alpha value is -3.36. The molecule has 0 bridgehead atoms. The highest BCUT2D eigenvalue weighted by Crippen LogP contribution is 2.38. The van der Waals surface area contributed by atoms with Gasteiger partial charge in [0.1, 0.15) is 23.1 Å². The second-order valence-electron chi connectivity index (χ2n) is 9.67. The van der Waals surface area contributed by atoms with Gasteiger partial charge in [0.25, 0.3) is 0 Å². The number of carbonyl (C=O) groups is 1. The van der Waals surface area contributed by atoms with Crippen LogP contribution in [0.3, 0.4) is 0 Å². The van der Waals surface area contributed by atoms with Crippen molar-refractivity contribution in [3.8, 4) is 11.5 Å². The van der Waals surface area contributed by atoms with Gasteiger partial charge in [0.15, 0.2) is 0 Å². The van der Waals surface area contributed by atoms with E-state index in [0.29, 0.717) is 47.2 Å². The van der Waals surface area contributed by atoms with E-state index in [0.717, 1.165) is 5.56 Å². The van der Waals surface area contributed by atoms with Gasteiger partial charge in [-0.25, -0.2) is 8.78 Å². The molecule has 2 atom stereocenters. The van der Waals surface area contributed by atoms with E-state index in [1.807, 2.05) is 12.1 Å². The average molecular weight is 543 g/mol. The lowest BCUT2D eigenvalue weighted by molar-refractivity contribution is -0.119. The van der Waals surface area contributed by atoms with Crippen LogP contribution in [0, 0.1) is 17.6 Å². The molecule has 0 unspecified atom stereocenters. The van der Waals surface area contributed by atoms with E-state index in [1.165, 1.54) is 17.0 Å². The van der Waals surface area contributed by atoms with E-state index in [9.17, 15) is 14.3 Å². The Morgan fingerprint density at radius 1 is 1.05 bits per heavy atom. The quantitative estimate of drug-likeness (QED) is 0.435. The number of piperidine rings is 1. The third-order valence-electron chi connectivity index (χ3n) is 7.27. The topological polar surface area (TPSA) is 62.2 Å². The van der Waals surface area contributed by atoms with Crippen molar-refractivity contribution < 1.29 is 28.2 Å². The summed E-state index contributed by atoms with van der Waals surface area (Å²) in [5.41, 5.74) is 2.14. The predicted molar refractivity (Wildman–Crippen MR) is 142 cm³/mol. The monoisotopic (exact) mass is 542 g/mol. The second-order valence-corrected chi connectivity index (χ2v) is 10.1. The van der Waals surface area contributed by atoms with Gasteiger partial charge < -0.3 is 24.4 Å². The minimum atomic E-state index is -0.733. The molecule has 2 aliphatic rings. The Kier molecular flexibility index (Phi) is 7.72. The van der Waals surface area contributed by atoms with Gasteiger partial charge >= 0.3 is 0 Å². The van der Waals surface area contributed by atoms with Crippen LogP contribution in [0.5, 0.6) is 11.5 Å². The van der Waals surface area contributed by atoms with Crippen LogP contribution < -0.4 is 19.3 Å². The van der Waals surface area contributed by atoms with E-state index < -0.39 is 17.7 Å². The molecule has 1 saturated heterocycles. The summed E-state index contributed by atoms with van der Waals surface area (Å²) in [5, 5.41) is 11.1. The number of aliphatic hydroxyl groups is 1. The number of fused-ring (bicyclic) bond motifs is 1. The lowest BCUT2D eigenvalue weighted by Gasteiger charge is -2.37. The van der Waals surface area contributed by atoms with Crippen LogP contribution in [0.15, 0.2) is 54.6 Å². The summed E-state index contributed by atoms with van der Waals surface area (Å²) in [5.74, 6) is -0.0258. The van der Waals surface area contributed by atoms with Crippen molar-refractivity contribution in [2.24, 2.45) is 5.92 Å². The number of nitrogens with zero attached hydrogens (tertiary/aromatic N) is 2. The maximum Gasteiger partial charge on any atom is 0.227 e. The summed E-state index contributed by atoms with van der Waals surface area (Å²) in [6.45, 7) is 1.27. The number of hydrogen-bond acceptors (Lipinski definition) is 5. The molecule has 38 heavy (non-hydrogen) atoms. The Bertz CT molecular complexity index is 1320. The molecule has 9 heteroatoms. The number of anilines is 2. The van der Waals surface area contributed by atoms with E-state index in [-0.39, 0.29) is 43.6 Å². The zero-order valence-corrected chi connectivity index (χ0v) is 21.8. The third kappa shape index (κ3) is 5.42. The van der Waals surface area contributed by atoms with Gasteiger partial charge in [-0.1, -0.05) is 23.7 Å². The van der Waals surface area contributed by atoms with Crippen molar-refractivity contribution in [2.75, 3.05) is 36.6 Å². The van der Waals surface area contributed by atoms with E-state index in [4.69, 9.17) is 21.1 Å². The van der Waals surface area contributed by atoms with Gasteiger partial charge in [-0.05, 0) is 60.9 Å². The molecular weight excluding hydrogens is 514 g/mol. The van der Waals surface area contributed by atoms with Crippen LogP contribution in [0.2, 0.25) is 5.02 Å². The normalized spacial score (nSPS) is 19.3. The molecule has 3 aromatic rings. The van der Waals surface area contributed by atoms with Gasteiger partial charge in [0, 0.05) is 36.0 Å². The molecule has 2 aliphatic heterocycles. The van der Waals surface area contributed by atoms with Crippen LogP contribution in [0.1, 0.15) is 24.0 Å². The van der Waals surface area contributed by atoms with E-state index in [2.05, 4.69) is 0 Å². The van der Waals surface area contributed by atoms with E-state index in [1.54, 1.807) is 42.3 Å². The highest BCUT2D eigenvalue weighted by molar-refractivity contribution is 6.30. The summed E-state index contributed by atoms with van der Waals surface area (Å²) in [6.07, 6.45) is 0.478. The van der Waals surface area contributed by atoms with Gasteiger partial charge in [-0.3, -0.25) is 4.79 Å². The number of aliphatic hydroxyl groups excluding tert-OH is 1. The molecule has 1 amide bonds. The molecule has 1 fully saturated rings. The first-order chi connectivity index (χ1) is 18.3. The maximum atomic E-state index is 15.1.